The van der Waals surface area contributed by atoms with Crippen LogP contribution in [0.15, 0.2) is 24.3 Å². The van der Waals surface area contributed by atoms with Gasteiger partial charge in [0.05, 0.1) is 11.6 Å². The Morgan fingerprint density at radius 2 is 2.30 bits per heavy atom. The molecule has 0 saturated heterocycles. The summed E-state index contributed by atoms with van der Waals surface area (Å²) in [6, 6.07) is 8.35. The Kier molecular flexibility index (Phi) is 5.48. The number of hydrogen-bond donors (Lipinski definition) is 1. The normalized spacial score (nSPS) is 28.3. The zero-order valence-corrected chi connectivity index (χ0v) is 13.5. The van der Waals surface area contributed by atoms with Crippen molar-refractivity contribution in [1.82, 2.24) is 5.32 Å². The van der Waals surface area contributed by atoms with Gasteiger partial charge >= 0.3 is 0 Å². The second kappa shape index (κ2) is 6.93. The predicted octanol–water partition coefficient (Wildman–Crippen LogP) is 4.59. The van der Waals surface area contributed by atoms with Crippen molar-refractivity contribution in [3.63, 3.8) is 0 Å². The molecule has 3 heteroatoms. The third kappa shape index (κ3) is 3.36. The SMILES string of the molecule is CCOC1(C(NC)c2cccc(Cl)c2)CCCC(C)C1. The van der Waals surface area contributed by atoms with E-state index >= 15 is 0 Å². The molecule has 3 atom stereocenters. The van der Waals surface area contributed by atoms with Crippen LogP contribution in [0.25, 0.3) is 0 Å². The van der Waals surface area contributed by atoms with Crippen molar-refractivity contribution in [2.45, 2.75) is 51.2 Å². The summed E-state index contributed by atoms with van der Waals surface area (Å²) in [7, 11) is 2.02. The van der Waals surface area contributed by atoms with Crippen LogP contribution >= 0.6 is 11.6 Å². The molecule has 1 N–H and O–H groups in total. The van der Waals surface area contributed by atoms with Crippen LogP contribution < -0.4 is 5.32 Å². The quantitative estimate of drug-likeness (QED) is 0.858. The van der Waals surface area contributed by atoms with E-state index in [1.165, 1.54) is 18.4 Å². The molecular weight excluding hydrogens is 270 g/mol. The minimum absolute atomic E-state index is 0.105. The molecule has 2 rings (SSSR count). The Hall–Kier alpha value is -0.570. The molecule has 0 aliphatic heterocycles. The van der Waals surface area contributed by atoms with Crippen LogP contribution in [0.1, 0.15) is 51.1 Å². The van der Waals surface area contributed by atoms with Crippen LogP contribution in [0.4, 0.5) is 0 Å². The summed E-state index contributed by atoms with van der Waals surface area (Å²) in [5, 5.41) is 4.27. The summed E-state index contributed by atoms with van der Waals surface area (Å²) >= 11 is 6.17. The lowest BCUT2D eigenvalue weighted by atomic mass is 9.72. The summed E-state index contributed by atoms with van der Waals surface area (Å²) in [6.07, 6.45) is 4.77. The number of ether oxygens (including phenoxy) is 1. The van der Waals surface area contributed by atoms with Gasteiger partial charge in [-0.2, -0.15) is 0 Å². The van der Waals surface area contributed by atoms with Gasteiger partial charge in [0.2, 0.25) is 0 Å². The Balaban J connectivity index is 2.34. The molecule has 0 heterocycles. The van der Waals surface area contributed by atoms with Crippen LogP contribution in [0.2, 0.25) is 5.02 Å². The van der Waals surface area contributed by atoms with Crippen LogP contribution in [0.3, 0.4) is 0 Å². The standard InChI is InChI=1S/C17H26ClNO/c1-4-20-17(10-6-7-13(2)12-17)16(19-3)14-8-5-9-15(18)11-14/h5,8-9,11,13,16,19H,4,6-7,10,12H2,1-3H3. The average molecular weight is 296 g/mol. The molecule has 0 spiro atoms. The van der Waals surface area contributed by atoms with Gasteiger partial charge in [-0.3, -0.25) is 0 Å². The average Bonchev–Trinajstić information content (AvgIpc) is 2.39. The molecule has 1 aliphatic carbocycles. The predicted molar refractivity (Wildman–Crippen MR) is 85.2 cm³/mol. The Bertz CT molecular complexity index is 433. The molecule has 1 aromatic carbocycles. The minimum atomic E-state index is -0.105. The molecule has 1 aliphatic rings. The zero-order chi connectivity index (χ0) is 14.6. The molecule has 1 fully saturated rings. The zero-order valence-electron chi connectivity index (χ0n) is 12.8. The molecule has 0 aromatic heterocycles. The molecule has 112 valence electrons. The summed E-state index contributed by atoms with van der Waals surface area (Å²) < 4.78 is 6.28. The van der Waals surface area contributed by atoms with Gasteiger partial charge in [-0.25, -0.2) is 0 Å². The number of likely N-dealkylation sites (N-methyl/N-ethyl adjacent to an activating group) is 1. The molecule has 0 amide bonds. The first-order chi connectivity index (χ1) is 9.61. The van der Waals surface area contributed by atoms with Crippen molar-refractivity contribution in [1.29, 1.82) is 0 Å². The highest BCUT2D eigenvalue weighted by Crippen LogP contribution is 2.43. The summed E-state index contributed by atoms with van der Waals surface area (Å²) in [6.45, 7) is 5.18. The van der Waals surface area contributed by atoms with Crippen molar-refractivity contribution in [2.75, 3.05) is 13.7 Å². The Morgan fingerprint density at radius 1 is 1.50 bits per heavy atom. The van der Waals surface area contributed by atoms with E-state index in [2.05, 4.69) is 31.3 Å². The topological polar surface area (TPSA) is 21.3 Å². The van der Waals surface area contributed by atoms with Gasteiger partial charge in [0.1, 0.15) is 0 Å². The Labute approximate surface area is 127 Å². The molecule has 2 nitrogen and oxygen atoms in total. The van der Waals surface area contributed by atoms with E-state index in [1.807, 2.05) is 19.2 Å². The van der Waals surface area contributed by atoms with Gasteiger partial charge in [-0.05, 0) is 50.4 Å². The largest absolute Gasteiger partial charge is 0.373 e. The highest BCUT2D eigenvalue weighted by molar-refractivity contribution is 6.30. The number of benzene rings is 1. The summed E-state index contributed by atoms with van der Waals surface area (Å²) in [5.41, 5.74) is 1.12. The molecule has 20 heavy (non-hydrogen) atoms. The summed E-state index contributed by atoms with van der Waals surface area (Å²) in [5.74, 6) is 0.713. The van der Waals surface area contributed by atoms with Crippen molar-refractivity contribution < 1.29 is 4.74 Å². The molecule has 1 saturated carbocycles. The first-order valence-electron chi connectivity index (χ1n) is 7.68. The van der Waals surface area contributed by atoms with E-state index < -0.39 is 0 Å². The highest BCUT2D eigenvalue weighted by Gasteiger charge is 2.42. The third-order valence-electron chi connectivity index (χ3n) is 4.42. The van der Waals surface area contributed by atoms with Crippen molar-refractivity contribution in [2.24, 2.45) is 5.92 Å². The van der Waals surface area contributed by atoms with Crippen LogP contribution in [-0.4, -0.2) is 19.3 Å². The second-order valence-electron chi connectivity index (χ2n) is 5.98. The minimum Gasteiger partial charge on any atom is -0.373 e. The van der Waals surface area contributed by atoms with Gasteiger partial charge < -0.3 is 10.1 Å². The molecular formula is C17H26ClNO. The molecule has 3 unspecified atom stereocenters. The van der Waals surface area contributed by atoms with Gasteiger partial charge in [-0.15, -0.1) is 0 Å². The Morgan fingerprint density at radius 3 is 2.90 bits per heavy atom. The number of halogens is 1. The smallest absolute Gasteiger partial charge is 0.0878 e. The van der Waals surface area contributed by atoms with Crippen molar-refractivity contribution in [3.8, 4) is 0 Å². The van der Waals surface area contributed by atoms with Crippen LogP contribution in [0.5, 0.6) is 0 Å². The van der Waals surface area contributed by atoms with E-state index in [-0.39, 0.29) is 11.6 Å². The number of rotatable bonds is 5. The maximum Gasteiger partial charge on any atom is 0.0878 e. The lowest BCUT2D eigenvalue weighted by molar-refractivity contribution is -0.100. The number of nitrogens with one attached hydrogen (secondary N) is 1. The fourth-order valence-corrected chi connectivity index (χ4v) is 3.93. The summed E-state index contributed by atoms with van der Waals surface area (Å²) in [4.78, 5) is 0. The lowest BCUT2D eigenvalue weighted by Gasteiger charge is -2.45. The monoisotopic (exact) mass is 295 g/mol. The first kappa shape index (κ1) is 15.8. The fraction of sp³-hybridized carbons (Fsp3) is 0.647. The third-order valence-corrected chi connectivity index (χ3v) is 4.65. The van der Waals surface area contributed by atoms with E-state index in [9.17, 15) is 0 Å². The second-order valence-corrected chi connectivity index (χ2v) is 6.41. The van der Waals surface area contributed by atoms with E-state index in [0.29, 0.717) is 5.92 Å². The van der Waals surface area contributed by atoms with Crippen molar-refractivity contribution >= 4 is 11.6 Å². The highest BCUT2D eigenvalue weighted by atomic mass is 35.5. The maximum atomic E-state index is 6.28. The van der Waals surface area contributed by atoms with E-state index in [1.54, 1.807) is 0 Å². The lowest BCUT2D eigenvalue weighted by Crippen LogP contribution is -2.48. The van der Waals surface area contributed by atoms with Crippen LogP contribution in [0, 0.1) is 5.92 Å². The van der Waals surface area contributed by atoms with E-state index in [4.69, 9.17) is 16.3 Å². The van der Waals surface area contributed by atoms with Gasteiger partial charge in [0.15, 0.2) is 0 Å². The number of hydrogen-bond acceptors (Lipinski definition) is 2. The van der Waals surface area contributed by atoms with E-state index in [0.717, 1.165) is 24.5 Å². The van der Waals surface area contributed by atoms with Crippen molar-refractivity contribution in [3.05, 3.63) is 34.9 Å². The first-order valence-corrected chi connectivity index (χ1v) is 8.06. The molecule has 1 aromatic rings. The van der Waals surface area contributed by atoms with Crippen LogP contribution in [-0.2, 0) is 4.74 Å². The fourth-order valence-electron chi connectivity index (χ4n) is 3.73. The molecule has 0 radical (unpaired) electrons. The maximum absolute atomic E-state index is 6.28. The molecule has 0 bridgehead atoms. The van der Waals surface area contributed by atoms with Gasteiger partial charge in [-0.1, -0.05) is 43.5 Å². The van der Waals surface area contributed by atoms with Gasteiger partial charge in [0.25, 0.3) is 0 Å². The van der Waals surface area contributed by atoms with Gasteiger partial charge in [0, 0.05) is 11.6 Å².